The van der Waals surface area contributed by atoms with Crippen LogP contribution in [0.2, 0.25) is 0 Å². The van der Waals surface area contributed by atoms with E-state index in [1.54, 1.807) is 0 Å². The average Bonchev–Trinajstić information content (AvgIpc) is 3.71. The molecular formula is C33H47N5O3. The van der Waals surface area contributed by atoms with Crippen LogP contribution in [-0.2, 0) is 13.0 Å². The molecule has 0 unspecified atom stereocenters. The molecule has 222 valence electrons. The number of rotatable bonds is 14. The van der Waals surface area contributed by atoms with Gasteiger partial charge in [0.1, 0.15) is 5.65 Å². The summed E-state index contributed by atoms with van der Waals surface area (Å²) < 4.78 is 13.2. The molecule has 4 heterocycles. The van der Waals surface area contributed by atoms with E-state index in [0.29, 0.717) is 18.4 Å². The summed E-state index contributed by atoms with van der Waals surface area (Å²) in [4.78, 5) is 23.4. The Bertz CT molecular complexity index is 1300. The number of nitrogens with zero attached hydrogens (tertiary/aromatic N) is 4. The predicted molar refractivity (Wildman–Crippen MR) is 164 cm³/mol. The first-order valence-electron chi connectivity index (χ1n) is 15.5. The van der Waals surface area contributed by atoms with Crippen LogP contribution < -0.4 is 14.8 Å². The molecule has 8 heteroatoms. The maximum Gasteiger partial charge on any atom is 0.255 e. The zero-order valence-electron chi connectivity index (χ0n) is 25.3. The van der Waals surface area contributed by atoms with Crippen molar-refractivity contribution in [3.8, 4) is 11.5 Å². The number of imidazole rings is 1. The molecule has 2 aliphatic heterocycles. The summed E-state index contributed by atoms with van der Waals surface area (Å²) in [5, 5.41) is 3.54. The monoisotopic (exact) mass is 561 g/mol. The van der Waals surface area contributed by atoms with Crippen molar-refractivity contribution in [1.82, 2.24) is 19.2 Å². The SMILES string of the molecule is CC(C)CCN(CCC(C)C)C(=O)c1ccc2nc(CNc3ccc4c(c3)OCO4)c(CCCN3CCCC3)n2c1. The number of nitrogens with one attached hydrogen (secondary N) is 1. The Morgan fingerprint density at radius 1 is 1.00 bits per heavy atom. The van der Waals surface area contributed by atoms with Crippen molar-refractivity contribution in [2.75, 3.05) is 44.8 Å². The molecule has 2 aliphatic rings. The van der Waals surface area contributed by atoms with Gasteiger partial charge in [-0.3, -0.25) is 4.79 Å². The van der Waals surface area contributed by atoms with Gasteiger partial charge in [0.15, 0.2) is 11.5 Å². The Kier molecular flexibility index (Phi) is 9.70. The molecule has 1 saturated heterocycles. The van der Waals surface area contributed by atoms with Crippen molar-refractivity contribution >= 4 is 17.2 Å². The molecule has 0 radical (unpaired) electrons. The molecule has 41 heavy (non-hydrogen) atoms. The minimum absolute atomic E-state index is 0.116. The Morgan fingerprint density at radius 3 is 2.46 bits per heavy atom. The fourth-order valence-electron chi connectivity index (χ4n) is 5.67. The van der Waals surface area contributed by atoms with E-state index in [1.165, 1.54) is 31.6 Å². The first-order valence-corrected chi connectivity index (χ1v) is 15.5. The fraction of sp³-hybridized carbons (Fsp3) is 0.576. The Labute approximate surface area is 245 Å². The number of pyridine rings is 1. The van der Waals surface area contributed by atoms with Crippen LogP contribution in [0.1, 0.15) is 81.5 Å². The van der Waals surface area contributed by atoms with Crippen molar-refractivity contribution in [2.45, 2.75) is 72.8 Å². The summed E-state index contributed by atoms with van der Waals surface area (Å²) in [6.07, 6.45) is 8.63. The van der Waals surface area contributed by atoms with Crippen LogP contribution in [0.4, 0.5) is 5.69 Å². The smallest absolute Gasteiger partial charge is 0.255 e. The van der Waals surface area contributed by atoms with Crippen LogP contribution in [0.3, 0.4) is 0 Å². The van der Waals surface area contributed by atoms with E-state index in [1.807, 2.05) is 41.4 Å². The number of carbonyl (C=O) groups excluding carboxylic acids is 1. The highest BCUT2D eigenvalue weighted by molar-refractivity contribution is 5.94. The summed E-state index contributed by atoms with van der Waals surface area (Å²) in [7, 11) is 0. The number of anilines is 1. The number of aryl methyl sites for hydroxylation is 1. The summed E-state index contributed by atoms with van der Waals surface area (Å²) in [6, 6.07) is 9.88. The minimum atomic E-state index is 0.116. The topological polar surface area (TPSA) is 71.3 Å². The number of carbonyl (C=O) groups is 1. The first-order chi connectivity index (χ1) is 19.9. The summed E-state index contributed by atoms with van der Waals surface area (Å²) in [6.45, 7) is 14.8. The number of hydrogen-bond donors (Lipinski definition) is 1. The quantitative estimate of drug-likeness (QED) is 0.251. The number of likely N-dealkylation sites (tertiary alicyclic amines) is 1. The molecule has 0 aliphatic carbocycles. The van der Waals surface area contributed by atoms with Gasteiger partial charge in [-0.1, -0.05) is 27.7 Å². The molecule has 0 spiro atoms. The normalized spacial score (nSPS) is 15.0. The van der Waals surface area contributed by atoms with Gasteiger partial charge < -0.3 is 29.0 Å². The highest BCUT2D eigenvalue weighted by Crippen LogP contribution is 2.34. The number of aromatic nitrogens is 2. The number of ether oxygens (including phenoxy) is 2. The van der Waals surface area contributed by atoms with Crippen LogP contribution in [0, 0.1) is 11.8 Å². The lowest BCUT2D eigenvalue weighted by molar-refractivity contribution is 0.0740. The second-order valence-corrected chi connectivity index (χ2v) is 12.4. The van der Waals surface area contributed by atoms with Gasteiger partial charge in [0.25, 0.3) is 5.91 Å². The fourth-order valence-corrected chi connectivity index (χ4v) is 5.67. The van der Waals surface area contributed by atoms with Crippen molar-refractivity contribution < 1.29 is 14.3 Å². The van der Waals surface area contributed by atoms with Gasteiger partial charge in [-0.25, -0.2) is 4.98 Å². The van der Waals surface area contributed by atoms with Gasteiger partial charge in [-0.2, -0.15) is 0 Å². The van der Waals surface area contributed by atoms with Crippen molar-refractivity contribution in [3.63, 3.8) is 0 Å². The average molecular weight is 562 g/mol. The Hall–Kier alpha value is -3.26. The molecule has 0 bridgehead atoms. The zero-order chi connectivity index (χ0) is 28.8. The molecule has 5 rings (SSSR count). The third-order valence-corrected chi connectivity index (χ3v) is 8.21. The number of fused-ring (bicyclic) bond motifs is 2. The van der Waals surface area contributed by atoms with Crippen LogP contribution in [-0.4, -0.2) is 64.6 Å². The predicted octanol–water partition coefficient (Wildman–Crippen LogP) is 6.24. The van der Waals surface area contributed by atoms with E-state index in [-0.39, 0.29) is 12.7 Å². The lowest BCUT2D eigenvalue weighted by atomic mass is 10.1. The standard InChI is InChI=1S/C33H47N5O3/c1-24(2)13-18-37(19-14-25(3)4)33(39)26-9-12-32-35-28(21-34-27-10-11-30-31(20-27)41-23-40-30)29(38(32)22-26)8-7-17-36-15-5-6-16-36/h9-12,20,22,24-25,34H,5-8,13-19,21,23H2,1-4H3. The molecule has 1 aromatic carbocycles. The minimum Gasteiger partial charge on any atom is -0.454 e. The first kappa shape index (κ1) is 29.2. The summed E-state index contributed by atoms with van der Waals surface area (Å²) in [5.74, 6) is 2.77. The van der Waals surface area contributed by atoms with E-state index < -0.39 is 0 Å². The second-order valence-electron chi connectivity index (χ2n) is 12.4. The van der Waals surface area contributed by atoms with E-state index in [0.717, 1.165) is 79.4 Å². The molecule has 0 atom stereocenters. The van der Waals surface area contributed by atoms with E-state index >= 15 is 0 Å². The maximum atomic E-state index is 13.8. The third kappa shape index (κ3) is 7.53. The van der Waals surface area contributed by atoms with Gasteiger partial charge in [-0.15, -0.1) is 0 Å². The molecular weight excluding hydrogens is 514 g/mol. The van der Waals surface area contributed by atoms with E-state index in [4.69, 9.17) is 14.5 Å². The van der Waals surface area contributed by atoms with Crippen LogP contribution in [0.25, 0.3) is 5.65 Å². The largest absolute Gasteiger partial charge is 0.454 e. The number of benzene rings is 1. The lowest BCUT2D eigenvalue weighted by Gasteiger charge is -2.24. The van der Waals surface area contributed by atoms with Gasteiger partial charge >= 0.3 is 0 Å². The maximum absolute atomic E-state index is 13.8. The molecule has 3 aromatic rings. The van der Waals surface area contributed by atoms with Crippen LogP contribution in [0.5, 0.6) is 11.5 Å². The molecule has 1 amide bonds. The highest BCUT2D eigenvalue weighted by Gasteiger charge is 2.20. The zero-order valence-corrected chi connectivity index (χ0v) is 25.3. The highest BCUT2D eigenvalue weighted by atomic mass is 16.7. The Morgan fingerprint density at radius 2 is 1.73 bits per heavy atom. The second kappa shape index (κ2) is 13.6. The van der Waals surface area contributed by atoms with E-state index in [2.05, 4.69) is 42.3 Å². The number of hydrogen-bond acceptors (Lipinski definition) is 6. The van der Waals surface area contributed by atoms with Crippen molar-refractivity contribution in [3.05, 3.63) is 53.5 Å². The molecule has 1 N–H and O–H groups in total. The van der Waals surface area contributed by atoms with Gasteiger partial charge in [0.05, 0.1) is 17.8 Å². The van der Waals surface area contributed by atoms with Crippen molar-refractivity contribution in [2.24, 2.45) is 11.8 Å². The molecule has 0 saturated carbocycles. The van der Waals surface area contributed by atoms with Gasteiger partial charge in [-0.05, 0) is 94.3 Å². The van der Waals surface area contributed by atoms with Gasteiger partial charge in [0.2, 0.25) is 6.79 Å². The summed E-state index contributed by atoms with van der Waals surface area (Å²) >= 11 is 0. The van der Waals surface area contributed by atoms with Crippen molar-refractivity contribution in [1.29, 1.82) is 0 Å². The molecule has 1 fully saturated rings. The van der Waals surface area contributed by atoms with Gasteiger partial charge in [0, 0.05) is 36.7 Å². The van der Waals surface area contributed by atoms with Crippen LogP contribution >= 0.6 is 0 Å². The molecule has 2 aromatic heterocycles. The molecule has 8 nitrogen and oxygen atoms in total. The lowest BCUT2D eigenvalue weighted by Crippen LogP contribution is -2.34. The summed E-state index contributed by atoms with van der Waals surface area (Å²) in [5.41, 5.74) is 4.79. The van der Waals surface area contributed by atoms with Crippen LogP contribution in [0.15, 0.2) is 36.5 Å². The van der Waals surface area contributed by atoms with E-state index in [9.17, 15) is 4.79 Å². The Balaban J connectivity index is 1.38. The third-order valence-electron chi connectivity index (χ3n) is 8.21. The number of amides is 1.